The highest BCUT2D eigenvalue weighted by molar-refractivity contribution is 6.00. The zero-order valence-corrected chi connectivity index (χ0v) is 12.7. The van der Waals surface area contributed by atoms with Crippen molar-refractivity contribution in [3.05, 3.63) is 41.6 Å². The van der Waals surface area contributed by atoms with E-state index >= 15 is 0 Å². The summed E-state index contributed by atoms with van der Waals surface area (Å²) in [6, 6.07) is 9.81. The Morgan fingerprint density at radius 2 is 2.32 bits per heavy atom. The van der Waals surface area contributed by atoms with Crippen LogP contribution in [0.4, 0.5) is 5.69 Å². The molecule has 1 aliphatic heterocycles. The van der Waals surface area contributed by atoms with E-state index in [0.29, 0.717) is 12.5 Å². The fourth-order valence-corrected chi connectivity index (χ4v) is 2.15. The van der Waals surface area contributed by atoms with Crippen LogP contribution >= 0.6 is 0 Å². The molecule has 1 heterocycles. The van der Waals surface area contributed by atoms with Gasteiger partial charge < -0.3 is 15.0 Å². The number of nitriles is 1. The molecule has 0 saturated heterocycles. The Hall–Kier alpha value is -2.81. The van der Waals surface area contributed by atoms with E-state index in [-0.39, 0.29) is 12.2 Å². The highest BCUT2D eigenvalue weighted by atomic mass is 16.5. The zero-order valence-electron chi connectivity index (χ0n) is 12.7. The maximum atomic E-state index is 11.6. The Morgan fingerprint density at radius 1 is 1.55 bits per heavy atom. The maximum Gasteiger partial charge on any atom is 0.350 e. The quantitative estimate of drug-likeness (QED) is 0.520. The summed E-state index contributed by atoms with van der Waals surface area (Å²) in [5.74, 6) is -0.0233. The third kappa shape index (κ3) is 3.44. The van der Waals surface area contributed by atoms with Crippen molar-refractivity contribution in [2.75, 3.05) is 24.6 Å². The number of hydrogen-bond donors (Lipinski definition) is 1. The van der Waals surface area contributed by atoms with E-state index in [1.165, 1.54) is 6.20 Å². The van der Waals surface area contributed by atoms with E-state index in [1.807, 2.05) is 42.2 Å². The van der Waals surface area contributed by atoms with Gasteiger partial charge in [0.2, 0.25) is 5.96 Å². The highest BCUT2D eigenvalue weighted by Crippen LogP contribution is 2.21. The molecule has 22 heavy (non-hydrogen) atoms. The zero-order chi connectivity index (χ0) is 15.9. The van der Waals surface area contributed by atoms with Gasteiger partial charge in [0.25, 0.3) is 0 Å². The molecule has 0 saturated carbocycles. The van der Waals surface area contributed by atoms with Crippen LogP contribution in [-0.2, 0) is 9.53 Å². The summed E-state index contributed by atoms with van der Waals surface area (Å²) in [5, 5.41) is 11.9. The number of para-hydroxylation sites is 1. The maximum absolute atomic E-state index is 11.6. The van der Waals surface area contributed by atoms with Gasteiger partial charge in [0, 0.05) is 18.4 Å². The summed E-state index contributed by atoms with van der Waals surface area (Å²) in [7, 11) is 0. The number of ether oxygens (including phenoxy) is 1. The monoisotopic (exact) mass is 298 g/mol. The number of aryl methyl sites for hydroxylation is 1. The number of anilines is 1. The summed E-state index contributed by atoms with van der Waals surface area (Å²) in [4.78, 5) is 18.0. The number of esters is 1. The summed E-state index contributed by atoms with van der Waals surface area (Å²) >= 11 is 0. The molecule has 0 bridgehead atoms. The Bertz CT molecular complexity index is 658. The van der Waals surface area contributed by atoms with Gasteiger partial charge in [-0.05, 0) is 25.5 Å². The minimum absolute atomic E-state index is 0.0822. The molecular formula is C16H18N4O2. The Morgan fingerprint density at radius 3 is 3.00 bits per heavy atom. The molecule has 114 valence electrons. The summed E-state index contributed by atoms with van der Waals surface area (Å²) in [5.41, 5.74) is 2.10. The molecule has 6 nitrogen and oxygen atoms in total. The number of benzene rings is 1. The fraction of sp³-hybridized carbons (Fsp3) is 0.312. The minimum Gasteiger partial charge on any atom is -0.462 e. The van der Waals surface area contributed by atoms with Crippen molar-refractivity contribution in [1.29, 1.82) is 5.26 Å². The van der Waals surface area contributed by atoms with Crippen molar-refractivity contribution in [2.45, 2.75) is 13.8 Å². The number of carbonyl (C=O) groups excluding carboxylic acids is 1. The van der Waals surface area contributed by atoms with Gasteiger partial charge in [0.05, 0.1) is 13.2 Å². The van der Waals surface area contributed by atoms with Gasteiger partial charge in [-0.2, -0.15) is 5.26 Å². The van der Waals surface area contributed by atoms with Gasteiger partial charge >= 0.3 is 5.97 Å². The molecule has 2 rings (SSSR count). The van der Waals surface area contributed by atoms with Crippen molar-refractivity contribution in [2.24, 2.45) is 4.99 Å². The molecule has 0 unspecified atom stereocenters. The number of nitrogens with one attached hydrogen (secondary N) is 1. The van der Waals surface area contributed by atoms with Crippen LogP contribution in [0.25, 0.3) is 0 Å². The topological polar surface area (TPSA) is 77.7 Å². The van der Waals surface area contributed by atoms with Gasteiger partial charge in [-0.25, -0.2) is 4.79 Å². The first-order valence-electron chi connectivity index (χ1n) is 7.09. The lowest BCUT2D eigenvalue weighted by Crippen LogP contribution is -2.36. The van der Waals surface area contributed by atoms with Crippen LogP contribution in [0.2, 0.25) is 0 Å². The molecule has 0 radical (unpaired) electrons. The molecule has 0 fully saturated rings. The van der Waals surface area contributed by atoms with E-state index in [9.17, 15) is 4.79 Å². The van der Waals surface area contributed by atoms with Gasteiger partial charge in [-0.1, -0.05) is 18.2 Å². The van der Waals surface area contributed by atoms with Crippen LogP contribution in [0.15, 0.2) is 41.0 Å². The molecule has 0 spiro atoms. The largest absolute Gasteiger partial charge is 0.462 e. The van der Waals surface area contributed by atoms with E-state index in [2.05, 4.69) is 10.3 Å². The molecule has 0 amide bonds. The van der Waals surface area contributed by atoms with Crippen LogP contribution in [0.5, 0.6) is 0 Å². The van der Waals surface area contributed by atoms with Gasteiger partial charge in [0.1, 0.15) is 6.07 Å². The summed E-state index contributed by atoms with van der Waals surface area (Å²) in [6.07, 6.45) is 1.34. The average Bonchev–Trinajstić information content (AvgIpc) is 2.97. The van der Waals surface area contributed by atoms with Gasteiger partial charge in [-0.15, -0.1) is 0 Å². The normalized spacial score (nSPS) is 14.3. The lowest BCUT2D eigenvalue weighted by atomic mass is 10.2. The van der Waals surface area contributed by atoms with E-state index in [1.54, 1.807) is 6.92 Å². The first kappa shape index (κ1) is 15.6. The minimum atomic E-state index is -0.640. The molecule has 1 N–H and O–H groups in total. The second-order valence-corrected chi connectivity index (χ2v) is 4.68. The lowest BCUT2D eigenvalue weighted by Gasteiger charge is -2.22. The molecule has 1 aromatic rings. The van der Waals surface area contributed by atoms with Crippen molar-refractivity contribution < 1.29 is 9.53 Å². The Balaban J connectivity index is 2.14. The van der Waals surface area contributed by atoms with Crippen molar-refractivity contribution >= 4 is 17.6 Å². The molecule has 0 atom stereocenters. The van der Waals surface area contributed by atoms with Crippen molar-refractivity contribution in [3.8, 4) is 6.07 Å². The number of hydrogen-bond acceptors (Lipinski definition) is 6. The van der Waals surface area contributed by atoms with Crippen LogP contribution in [-0.4, -0.2) is 31.6 Å². The number of guanidine groups is 1. The van der Waals surface area contributed by atoms with Crippen LogP contribution in [0, 0.1) is 18.3 Å². The molecular weight excluding hydrogens is 280 g/mol. The predicted molar refractivity (Wildman–Crippen MR) is 84.3 cm³/mol. The molecule has 0 aliphatic carbocycles. The van der Waals surface area contributed by atoms with E-state index < -0.39 is 5.97 Å². The smallest absolute Gasteiger partial charge is 0.350 e. The molecule has 0 aromatic heterocycles. The Labute approximate surface area is 129 Å². The fourth-order valence-electron chi connectivity index (χ4n) is 2.15. The standard InChI is InChI=1S/C16H18N4O2/c1-3-22-15(21)13(10-17)11-19-16-18-8-9-20(16)14-7-5-4-6-12(14)2/h4-7,11H,3,8-9H2,1-2H3,(H,18,19). The van der Waals surface area contributed by atoms with Gasteiger partial charge in [-0.3, -0.25) is 4.99 Å². The molecule has 6 heteroatoms. The van der Waals surface area contributed by atoms with Gasteiger partial charge in [0.15, 0.2) is 5.57 Å². The molecule has 1 aromatic carbocycles. The molecule has 1 aliphatic rings. The third-order valence-corrected chi connectivity index (χ3v) is 3.21. The predicted octanol–water partition coefficient (Wildman–Crippen LogP) is 1.73. The van der Waals surface area contributed by atoms with Crippen LogP contribution in [0.1, 0.15) is 12.5 Å². The van der Waals surface area contributed by atoms with Crippen molar-refractivity contribution in [1.82, 2.24) is 5.32 Å². The highest BCUT2D eigenvalue weighted by Gasteiger charge is 2.20. The van der Waals surface area contributed by atoms with Crippen molar-refractivity contribution in [3.63, 3.8) is 0 Å². The number of rotatable bonds is 4. The average molecular weight is 298 g/mol. The first-order chi connectivity index (χ1) is 10.7. The third-order valence-electron chi connectivity index (χ3n) is 3.21. The number of carbonyl (C=O) groups is 1. The van der Waals surface area contributed by atoms with E-state index in [0.717, 1.165) is 17.8 Å². The Kier molecular flexibility index (Phi) is 5.15. The second kappa shape index (κ2) is 7.27. The van der Waals surface area contributed by atoms with Crippen LogP contribution < -0.4 is 10.2 Å². The SMILES string of the molecule is CCOC(=O)C(C#N)=CNC1=NCCN1c1ccccc1C. The van der Waals surface area contributed by atoms with Crippen LogP contribution in [0.3, 0.4) is 0 Å². The number of aliphatic imine (C=N–C) groups is 1. The number of nitrogens with zero attached hydrogens (tertiary/aromatic N) is 3. The lowest BCUT2D eigenvalue weighted by molar-refractivity contribution is -0.138. The summed E-state index contributed by atoms with van der Waals surface area (Å²) < 4.78 is 4.82. The van der Waals surface area contributed by atoms with E-state index in [4.69, 9.17) is 10.00 Å². The summed E-state index contributed by atoms with van der Waals surface area (Å²) in [6.45, 7) is 5.37. The first-order valence-corrected chi connectivity index (χ1v) is 7.09. The second-order valence-electron chi connectivity index (χ2n) is 4.68.